The maximum absolute atomic E-state index is 5.29. The highest BCUT2D eigenvalue weighted by Gasteiger charge is 2.41. The van der Waals surface area contributed by atoms with E-state index < -0.39 is 7.92 Å². The van der Waals surface area contributed by atoms with Crippen LogP contribution < -0.4 is 10.6 Å². The molecule has 0 N–H and O–H groups in total. The summed E-state index contributed by atoms with van der Waals surface area (Å²) in [5.74, 6) is 4.07. The first-order chi connectivity index (χ1) is 22.6. The van der Waals surface area contributed by atoms with E-state index in [9.17, 15) is 0 Å². The van der Waals surface area contributed by atoms with Gasteiger partial charge in [-0.05, 0) is 96.6 Å². The topological polar surface area (TPSA) is 15.6 Å². The average molecular weight is 717 g/mol. The van der Waals surface area contributed by atoms with Gasteiger partial charge in [0.25, 0.3) is 0 Å². The second-order valence-electron chi connectivity index (χ2n) is 21.5. The highest BCUT2D eigenvalue weighted by molar-refractivity contribution is 7.67. The zero-order chi connectivity index (χ0) is 37.8. The summed E-state index contributed by atoms with van der Waals surface area (Å²) in [6.45, 7) is 46.7. The third-order valence-corrected chi connectivity index (χ3v) is 14.9. The van der Waals surface area contributed by atoms with Gasteiger partial charge in [0.15, 0.2) is 0 Å². The Morgan fingerprint density at radius 3 is 1.50 bits per heavy atom. The lowest BCUT2D eigenvalue weighted by Crippen LogP contribution is -2.38. The average Bonchev–Trinajstić information content (AvgIpc) is 3.37. The fourth-order valence-corrected chi connectivity index (χ4v) is 12.9. The van der Waals surface area contributed by atoms with Gasteiger partial charge < -0.3 is 4.90 Å². The number of rotatable bonds is 6. The lowest BCUT2D eigenvalue weighted by molar-refractivity contribution is 0.427. The number of aliphatic imine (C=N–C) groups is 1. The number of nitrogens with zero attached hydrogens (tertiary/aromatic N) is 2. The van der Waals surface area contributed by atoms with Crippen LogP contribution in [-0.2, 0) is 32.5 Å². The molecular formula is C46H74N2P2. The van der Waals surface area contributed by atoms with Crippen LogP contribution in [0.3, 0.4) is 0 Å². The predicted molar refractivity (Wildman–Crippen MR) is 231 cm³/mol. The number of hydrogen-bond acceptors (Lipinski definition) is 2. The maximum Gasteiger partial charge on any atom is 0.107 e. The Hall–Kier alpha value is -1.49. The molecule has 2 unspecified atom stereocenters. The van der Waals surface area contributed by atoms with Gasteiger partial charge in [0.1, 0.15) is 5.84 Å². The van der Waals surface area contributed by atoms with E-state index in [2.05, 4.69) is 160 Å². The predicted octanol–water partition coefficient (Wildman–Crippen LogP) is 11.9. The van der Waals surface area contributed by atoms with Gasteiger partial charge >= 0.3 is 0 Å². The molecule has 2 aliphatic rings. The first-order valence-corrected chi connectivity index (χ1v) is 22.1. The molecular weight excluding hydrogens is 642 g/mol. The van der Waals surface area contributed by atoms with Crippen LogP contribution in [0.2, 0.25) is 0 Å². The van der Waals surface area contributed by atoms with Crippen molar-refractivity contribution in [3.63, 3.8) is 0 Å². The van der Waals surface area contributed by atoms with Crippen LogP contribution in [0.5, 0.6) is 0 Å². The van der Waals surface area contributed by atoms with Crippen molar-refractivity contribution in [2.24, 2.45) is 4.99 Å². The number of hydrogen-bond donors (Lipinski definition) is 0. The highest BCUT2D eigenvalue weighted by atomic mass is 31.1. The molecule has 0 saturated carbocycles. The van der Waals surface area contributed by atoms with Gasteiger partial charge in [0.05, 0.1) is 0 Å². The van der Waals surface area contributed by atoms with E-state index in [1.807, 2.05) is 0 Å². The molecule has 0 spiro atoms. The van der Waals surface area contributed by atoms with Gasteiger partial charge in [-0.25, -0.2) is 0 Å². The lowest BCUT2D eigenvalue weighted by Gasteiger charge is -2.39. The third-order valence-electron chi connectivity index (χ3n) is 10.7. The van der Waals surface area contributed by atoms with Gasteiger partial charge in [0, 0.05) is 30.6 Å². The van der Waals surface area contributed by atoms with Crippen LogP contribution in [0.1, 0.15) is 177 Å². The molecule has 278 valence electrons. The van der Waals surface area contributed by atoms with E-state index >= 15 is 0 Å². The molecule has 0 bridgehead atoms. The van der Waals surface area contributed by atoms with E-state index in [1.165, 1.54) is 73.7 Å². The minimum absolute atomic E-state index is 0.0594. The summed E-state index contributed by atoms with van der Waals surface area (Å²) in [7, 11) is 0.873. The van der Waals surface area contributed by atoms with Crippen LogP contribution >= 0.6 is 16.1 Å². The summed E-state index contributed by atoms with van der Waals surface area (Å²) in [5.41, 5.74) is 10.2. The van der Waals surface area contributed by atoms with Crippen molar-refractivity contribution in [2.75, 3.05) is 25.8 Å². The van der Waals surface area contributed by atoms with Crippen LogP contribution in [0, 0.1) is 0 Å². The number of fused-ring (bicyclic) bond motifs is 1. The lowest BCUT2D eigenvalue weighted by atomic mass is 9.75. The van der Waals surface area contributed by atoms with Crippen LogP contribution in [0.15, 0.2) is 29.3 Å². The molecule has 0 radical (unpaired) electrons. The second kappa shape index (κ2) is 14.4. The zero-order valence-electron chi connectivity index (χ0n) is 35.7. The van der Waals surface area contributed by atoms with Gasteiger partial charge in [-0.3, -0.25) is 4.99 Å². The molecule has 2 aliphatic heterocycles. The van der Waals surface area contributed by atoms with Crippen LogP contribution in [0.4, 0.5) is 0 Å². The van der Waals surface area contributed by atoms with Crippen molar-refractivity contribution in [3.05, 3.63) is 57.6 Å². The molecule has 2 nitrogen and oxygen atoms in total. The Morgan fingerprint density at radius 1 is 0.640 bits per heavy atom. The Morgan fingerprint density at radius 2 is 1.08 bits per heavy atom. The Labute approximate surface area is 312 Å². The van der Waals surface area contributed by atoms with Gasteiger partial charge in [-0.1, -0.05) is 171 Å². The highest BCUT2D eigenvalue weighted by Crippen LogP contribution is 2.51. The molecule has 2 aromatic carbocycles. The zero-order valence-corrected chi connectivity index (χ0v) is 37.5. The van der Waals surface area contributed by atoms with Crippen molar-refractivity contribution >= 4 is 38.4 Å². The van der Waals surface area contributed by atoms with Crippen molar-refractivity contribution in [1.29, 1.82) is 0 Å². The van der Waals surface area contributed by atoms with Crippen molar-refractivity contribution in [1.82, 2.24) is 4.90 Å². The van der Waals surface area contributed by atoms with Crippen molar-refractivity contribution < 1.29 is 0 Å². The molecule has 2 aromatic rings. The third kappa shape index (κ3) is 9.35. The Balaban J connectivity index is 1.90. The van der Waals surface area contributed by atoms with E-state index in [4.69, 9.17) is 4.99 Å². The Bertz CT molecular complexity index is 1510. The molecule has 4 rings (SSSR count). The number of benzene rings is 2. The molecule has 0 aromatic heterocycles. The molecule has 0 amide bonds. The monoisotopic (exact) mass is 717 g/mol. The summed E-state index contributed by atoms with van der Waals surface area (Å²) >= 11 is 0. The quantitative estimate of drug-likeness (QED) is 0.272. The summed E-state index contributed by atoms with van der Waals surface area (Å²) in [6, 6.07) is 10.3. The van der Waals surface area contributed by atoms with Gasteiger partial charge in [-0.2, -0.15) is 0 Å². The molecule has 2 atom stereocenters. The maximum atomic E-state index is 5.29. The number of amidine groups is 1. The molecule has 2 heterocycles. The molecule has 50 heavy (non-hydrogen) atoms. The van der Waals surface area contributed by atoms with Crippen LogP contribution in [-0.4, -0.2) is 48.0 Å². The molecule has 0 aliphatic carbocycles. The first kappa shape index (κ1) is 41.3. The standard InChI is InChI=1S/C46H74N2P2/c1-41(2,3)31-27-33(43(7,8)9)38(34(28-31)44(10,11)12)49-25-20-26-50(37-21-24-48-23-19-22-47-40(37)48)39-35(45(13,14)15)29-32(42(4,5)6)30-36(39)46(16,17)18/h25,27-30,37H,19-24,26H2,1-18H3. The normalized spacial score (nSPS) is 18.9. The summed E-state index contributed by atoms with van der Waals surface area (Å²) in [5, 5.41) is 3.23. The van der Waals surface area contributed by atoms with Gasteiger partial charge in [0.2, 0.25) is 0 Å². The van der Waals surface area contributed by atoms with E-state index in [-0.39, 0.29) is 32.5 Å². The molecule has 1 fully saturated rings. The summed E-state index contributed by atoms with van der Waals surface area (Å²) in [4.78, 5) is 7.93. The van der Waals surface area contributed by atoms with E-state index in [1.54, 1.807) is 16.4 Å². The van der Waals surface area contributed by atoms with Crippen molar-refractivity contribution in [3.8, 4) is 0 Å². The summed E-state index contributed by atoms with van der Waals surface area (Å²) < 4.78 is 0. The smallest absolute Gasteiger partial charge is 0.107 e. The van der Waals surface area contributed by atoms with E-state index in [0.717, 1.165) is 13.0 Å². The van der Waals surface area contributed by atoms with Crippen molar-refractivity contribution in [2.45, 2.75) is 182 Å². The largest absolute Gasteiger partial charge is 0.360 e. The fraction of sp³-hybridized carbons (Fsp3) is 0.696. The summed E-state index contributed by atoms with van der Waals surface area (Å²) in [6.07, 6.45) is 4.78. The van der Waals surface area contributed by atoms with E-state index in [0.29, 0.717) is 5.66 Å². The molecule has 4 heteroatoms. The fourth-order valence-electron chi connectivity index (χ4n) is 7.56. The van der Waals surface area contributed by atoms with Crippen LogP contribution in [0.25, 0.3) is 0 Å². The second-order valence-corrected chi connectivity index (χ2v) is 25.0. The van der Waals surface area contributed by atoms with Gasteiger partial charge in [-0.15, -0.1) is 0 Å². The first-order valence-electron chi connectivity index (χ1n) is 19.6. The Kier molecular flexibility index (Phi) is 11.9. The SMILES string of the molecule is CC(C)(C)c1cc(C(C)(C)C)c(P=CCCP(c2c(C(C)(C)C)cc(C(C)(C)C)cc2C(C)(C)C)C2CCN3CCCN=C23)c(C(C)(C)C)c1. The minimum atomic E-state index is -0.489. The minimum Gasteiger partial charge on any atom is -0.360 e. The molecule has 1 saturated heterocycles.